The van der Waals surface area contributed by atoms with Crippen LogP contribution in [0.4, 0.5) is 0 Å². The third kappa shape index (κ3) is 4.39. The lowest BCUT2D eigenvalue weighted by Crippen LogP contribution is -2.10. The molecule has 0 radical (unpaired) electrons. The van der Waals surface area contributed by atoms with E-state index in [2.05, 4.69) is 37.3 Å². The summed E-state index contributed by atoms with van der Waals surface area (Å²) in [5.74, 6) is -0.368. The van der Waals surface area contributed by atoms with Gasteiger partial charge in [0.05, 0.1) is 16.8 Å². The summed E-state index contributed by atoms with van der Waals surface area (Å²) in [6.07, 6.45) is 3.74. The number of hydrogen-bond donors (Lipinski definition) is 0. The number of fused-ring (bicyclic) bond motifs is 2. The van der Waals surface area contributed by atoms with Gasteiger partial charge in [-0.1, -0.05) is 77.3 Å². The van der Waals surface area contributed by atoms with E-state index in [1.54, 1.807) is 18.2 Å². The number of carbonyl (C=O) groups is 1. The number of aryl methyl sites for hydroxylation is 1. The Hall–Kier alpha value is -3.14. The van der Waals surface area contributed by atoms with Crippen LogP contribution in [0.2, 0.25) is 10.0 Å². The average molecular weight is 474 g/mol. The molecule has 1 aromatic heterocycles. The Kier molecular flexibility index (Phi) is 5.92. The Bertz CT molecular complexity index is 1410. The number of halogens is 2. The van der Waals surface area contributed by atoms with E-state index >= 15 is 0 Å². The van der Waals surface area contributed by atoms with Crippen LogP contribution >= 0.6 is 23.2 Å². The molecule has 0 spiro atoms. The van der Waals surface area contributed by atoms with Crippen molar-refractivity contribution in [2.45, 2.75) is 26.4 Å². The predicted molar refractivity (Wildman–Crippen MR) is 135 cm³/mol. The first kappa shape index (κ1) is 21.7. The van der Waals surface area contributed by atoms with Crippen LogP contribution in [0.15, 0.2) is 66.7 Å². The van der Waals surface area contributed by atoms with Gasteiger partial charge in [-0.2, -0.15) is 0 Å². The van der Waals surface area contributed by atoms with Gasteiger partial charge in [0.2, 0.25) is 0 Å². The van der Waals surface area contributed by atoms with E-state index in [0.29, 0.717) is 21.2 Å². The fourth-order valence-electron chi connectivity index (χ4n) is 4.23. The number of hydrogen-bond acceptors (Lipinski definition) is 3. The number of benzene rings is 3. The molecule has 1 heterocycles. The van der Waals surface area contributed by atoms with Crippen molar-refractivity contribution < 1.29 is 9.53 Å². The highest BCUT2D eigenvalue weighted by atomic mass is 35.5. The Morgan fingerprint density at radius 2 is 1.82 bits per heavy atom. The van der Waals surface area contributed by atoms with Crippen molar-refractivity contribution in [1.29, 1.82) is 0 Å². The highest BCUT2D eigenvalue weighted by molar-refractivity contribution is 6.35. The summed E-state index contributed by atoms with van der Waals surface area (Å²) in [6, 6.07) is 21.3. The number of nitrogens with zero attached hydrogens (tertiary/aromatic N) is 1. The van der Waals surface area contributed by atoms with Gasteiger partial charge in [0.15, 0.2) is 0 Å². The number of aromatic nitrogens is 1. The summed E-state index contributed by atoms with van der Waals surface area (Å²) in [7, 11) is 0. The van der Waals surface area contributed by atoms with Crippen molar-refractivity contribution in [2.24, 2.45) is 0 Å². The topological polar surface area (TPSA) is 39.2 Å². The maximum atomic E-state index is 13.3. The second-order valence-electron chi connectivity index (χ2n) is 8.22. The van der Waals surface area contributed by atoms with Crippen molar-refractivity contribution in [3.63, 3.8) is 0 Å². The molecule has 0 unspecified atom stereocenters. The number of carbonyl (C=O) groups excluding carboxylic acids is 1. The molecule has 0 saturated carbocycles. The molecule has 33 heavy (non-hydrogen) atoms. The predicted octanol–water partition coefficient (Wildman–Crippen LogP) is 7.69. The smallest absolute Gasteiger partial charge is 0.339 e. The number of ether oxygens (including phenoxy) is 1. The molecule has 0 atom stereocenters. The summed E-state index contributed by atoms with van der Waals surface area (Å²) < 4.78 is 5.72. The molecule has 0 amide bonds. The molecule has 0 saturated heterocycles. The van der Waals surface area contributed by atoms with E-state index in [1.807, 2.05) is 24.3 Å². The highest BCUT2D eigenvalue weighted by Gasteiger charge is 2.27. The molecule has 0 aliphatic heterocycles. The quantitative estimate of drug-likeness (QED) is 0.285. The lowest BCUT2D eigenvalue weighted by Gasteiger charge is -2.13. The molecule has 0 bridgehead atoms. The van der Waals surface area contributed by atoms with Crippen molar-refractivity contribution in [3.8, 4) is 0 Å². The first-order valence-electron chi connectivity index (χ1n) is 10.8. The van der Waals surface area contributed by atoms with Crippen molar-refractivity contribution in [3.05, 3.63) is 110 Å². The largest absolute Gasteiger partial charge is 0.457 e. The Morgan fingerprint density at radius 3 is 2.61 bits per heavy atom. The minimum atomic E-state index is -0.368. The van der Waals surface area contributed by atoms with Crippen LogP contribution in [0.3, 0.4) is 0 Å². The number of esters is 1. The molecular formula is C28H21Cl2NO2. The zero-order valence-corrected chi connectivity index (χ0v) is 19.6. The summed E-state index contributed by atoms with van der Waals surface area (Å²) in [5.41, 5.74) is 7.39. The minimum Gasteiger partial charge on any atom is -0.457 e. The van der Waals surface area contributed by atoms with Crippen molar-refractivity contribution in [2.75, 3.05) is 0 Å². The number of pyridine rings is 1. The van der Waals surface area contributed by atoms with Gasteiger partial charge < -0.3 is 4.74 Å². The van der Waals surface area contributed by atoms with Crippen LogP contribution < -0.4 is 0 Å². The van der Waals surface area contributed by atoms with Crippen LogP contribution in [0.5, 0.6) is 0 Å². The number of rotatable bonds is 4. The molecule has 0 N–H and O–H groups in total. The Labute approximate surface area is 202 Å². The molecule has 5 rings (SSSR count). The van der Waals surface area contributed by atoms with Crippen LogP contribution in [-0.4, -0.2) is 11.0 Å². The van der Waals surface area contributed by atoms with Crippen LogP contribution in [0.1, 0.15) is 44.7 Å². The van der Waals surface area contributed by atoms with E-state index in [-0.39, 0.29) is 12.6 Å². The SMILES string of the molecule is Cc1ccc(C=C2CCc3c2nc2ccccc2c3C(=O)OCc2ccc(Cl)cc2Cl)cc1. The summed E-state index contributed by atoms with van der Waals surface area (Å²) >= 11 is 12.2. The molecule has 5 heteroatoms. The summed E-state index contributed by atoms with van der Waals surface area (Å²) in [6.45, 7) is 2.15. The van der Waals surface area contributed by atoms with Gasteiger partial charge in [-0.3, -0.25) is 0 Å². The number of para-hydroxylation sites is 1. The molecule has 1 aliphatic rings. The van der Waals surface area contributed by atoms with Crippen molar-refractivity contribution >= 4 is 51.7 Å². The normalized spacial score (nSPS) is 14.0. The van der Waals surface area contributed by atoms with Gasteiger partial charge >= 0.3 is 5.97 Å². The lowest BCUT2D eigenvalue weighted by atomic mass is 10.0. The van der Waals surface area contributed by atoms with Crippen LogP contribution in [0, 0.1) is 6.92 Å². The van der Waals surface area contributed by atoms with Gasteiger partial charge in [0.25, 0.3) is 0 Å². The molecular weight excluding hydrogens is 453 g/mol. The molecule has 4 aromatic rings. The minimum absolute atomic E-state index is 0.0757. The fraction of sp³-hybridized carbons (Fsp3) is 0.143. The van der Waals surface area contributed by atoms with Gasteiger partial charge in [-0.25, -0.2) is 9.78 Å². The van der Waals surface area contributed by atoms with Gasteiger partial charge in [-0.15, -0.1) is 0 Å². The summed E-state index contributed by atoms with van der Waals surface area (Å²) in [5, 5.41) is 1.82. The maximum Gasteiger partial charge on any atom is 0.339 e. The van der Waals surface area contributed by atoms with E-state index < -0.39 is 0 Å². The van der Waals surface area contributed by atoms with E-state index in [4.69, 9.17) is 32.9 Å². The Morgan fingerprint density at radius 1 is 1.03 bits per heavy atom. The Balaban J connectivity index is 1.53. The highest BCUT2D eigenvalue weighted by Crippen LogP contribution is 2.38. The standard InChI is InChI=1S/C28H21Cl2NO2/c1-17-6-8-18(9-7-17)14-19-11-13-23-26(22-4-2-3-5-25(22)31-27(19)23)28(32)33-16-20-10-12-21(29)15-24(20)30/h2-10,12,14-15H,11,13,16H2,1H3. The zero-order chi connectivity index (χ0) is 22.9. The monoisotopic (exact) mass is 473 g/mol. The molecule has 3 aromatic carbocycles. The number of allylic oxidation sites excluding steroid dienone is 1. The van der Waals surface area contributed by atoms with Crippen LogP contribution in [-0.2, 0) is 17.8 Å². The average Bonchev–Trinajstić information content (AvgIpc) is 3.20. The second kappa shape index (κ2) is 9.01. The first-order chi connectivity index (χ1) is 16.0. The molecule has 3 nitrogen and oxygen atoms in total. The third-order valence-electron chi connectivity index (χ3n) is 5.94. The van der Waals surface area contributed by atoms with Gasteiger partial charge in [-0.05, 0) is 60.7 Å². The third-order valence-corrected chi connectivity index (χ3v) is 6.52. The lowest BCUT2D eigenvalue weighted by molar-refractivity contribution is 0.0474. The summed E-state index contributed by atoms with van der Waals surface area (Å²) in [4.78, 5) is 18.3. The molecule has 1 aliphatic carbocycles. The molecule has 0 fully saturated rings. The van der Waals surface area contributed by atoms with Gasteiger partial charge in [0, 0.05) is 21.0 Å². The molecule has 164 valence electrons. The van der Waals surface area contributed by atoms with Crippen LogP contribution in [0.25, 0.3) is 22.6 Å². The van der Waals surface area contributed by atoms with E-state index in [1.165, 1.54) is 5.56 Å². The van der Waals surface area contributed by atoms with E-state index in [9.17, 15) is 4.79 Å². The first-order valence-corrected chi connectivity index (χ1v) is 11.6. The maximum absolute atomic E-state index is 13.3. The van der Waals surface area contributed by atoms with Crippen molar-refractivity contribution in [1.82, 2.24) is 4.98 Å². The fourth-order valence-corrected chi connectivity index (χ4v) is 4.69. The van der Waals surface area contributed by atoms with E-state index in [0.717, 1.165) is 46.1 Å². The van der Waals surface area contributed by atoms with Gasteiger partial charge in [0.1, 0.15) is 6.61 Å². The zero-order valence-electron chi connectivity index (χ0n) is 18.1. The second-order valence-corrected chi connectivity index (χ2v) is 9.07.